The molecular formula is C17H19N3O5S. The molecule has 0 saturated carbocycles. The molecular weight excluding hydrogens is 358 g/mol. The van der Waals surface area contributed by atoms with Crippen molar-refractivity contribution in [3.05, 3.63) is 56.0 Å². The predicted molar refractivity (Wildman–Crippen MR) is 96.2 cm³/mol. The van der Waals surface area contributed by atoms with Crippen molar-refractivity contribution in [2.75, 3.05) is 6.61 Å². The van der Waals surface area contributed by atoms with E-state index in [4.69, 9.17) is 4.74 Å². The third-order valence-corrected chi connectivity index (χ3v) is 4.38. The van der Waals surface area contributed by atoms with Gasteiger partial charge in [0.1, 0.15) is 5.01 Å². The topological polar surface area (TPSA) is 103 Å². The molecule has 0 spiro atoms. The summed E-state index contributed by atoms with van der Waals surface area (Å²) >= 11 is 1.27. The number of esters is 1. The van der Waals surface area contributed by atoms with E-state index < -0.39 is 10.9 Å². The Labute approximate surface area is 154 Å². The Morgan fingerprint density at radius 3 is 2.50 bits per heavy atom. The Morgan fingerprint density at radius 1 is 1.31 bits per heavy atom. The van der Waals surface area contributed by atoms with Crippen molar-refractivity contribution in [3.8, 4) is 0 Å². The summed E-state index contributed by atoms with van der Waals surface area (Å²) < 4.78 is 4.91. The molecule has 0 saturated heterocycles. The minimum absolute atomic E-state index is 0.0725. The van der Waals surface area contributed by atoms with E-state index in [1.807, 2.05) is 13.8 Å². The smallest absolute Gasteiger partial charge is 0.357 e. The number of nitro benzene ring substituents is 1. The van der Waals surface area contributed by atoms with Crippen LogP contribution < -0.4 is 0 Å². The molecule has 0 aliphatic heterocycles. The van der Waals surface area contributed by atoms with Crippen LogP contribution in [0.15, 0.2) is 29.6 Å². The fourth-order valence-electron chi connectivity index (χ4n) is 2.21. The van der Waals surface area contributed by atoms with Crippen LogP contribution in [0.25, 0.3) is 0 Å². The Kier molecular flexibility index (Phi) is 6.40. The molecule has 0 fully saturated rings. The summed E-state index contributed by atoms with van der Waals surface area (Å²) in [7, 11) is 0. The minimum Gasteiger partial charge on any atom is -0.461 e. The molecule has 8 nitrogen and oxygen atoms in total. The molecule has 0 bridgehead atoms. The first-order valence-corrected chi connectivity index (χ1v) is 8.88. The molecule has 0 aliphatic carbocycles. The van der Waals surface area contributed by atoms with E-state index in [0.29, 0.717) is 10.6 Å². The second kappa shape index (κ2) is 8.52. The standard InChI is InChI=1S/C17H19N3O5S/c1-4-25-17(22)14-10-26-15(18-14)9-19(11(2)3)16(21)12-5-7-13(8-6-12)20(23)24/h5-8,10-11H,4,9H2,1-3H3. The number of non-ortho nitro benzene ring substituents is 1. The Balaban J connectivity index is 2.17. The van der Waals surface area contributed by atoms with Crippen molar-refractivity contribution in [2.24, 2.45) is 0 Å². The number of nitro groups is 1. The first-order chi connectivity index (χ1) is 12.3. The van der Waals surface area contributed by atoms with Gasteiger partial charge in [-0.1, -0.05) is 0 Å². The average Bonchev–Trinajstić information content (AvgIpc) is 3.08. The summed E-state index contributed by atoms with van der Waals surface area (Å²) in [6.07, 6.45) is 0. The fraction of sp³-hybridized carbons (Fsp3) is 0.353. The van der Waals surface area contributed by atoms with Gasteiger partial charge in [0.2, 0.25) is 0 Å². The predicted octanol–water partition coefficient (Wildman–Crippen LogP) is 3.28. The number of ether oxygens (including phenoxy) is 1. The molecule has 0 aliphatic rings. The van der Waals surface area contributed by atoms with Crippen LogP contribution in [0.4, 0.5) is 5.69 Å². The van der Waals surface area contributed by atoms with Crippen molar-refractivity contribution in [1.82, 2.24) is 9.88 Å². The number of hydrogen-bond donors (Lipinski definition) is 0. The fourth-order valence-corrected chi connectivity index (χ4v) is 2.97. The highest BCUT2D eigenvalue weighted by atomic mass is 32.1. The number of carbonyl (C=O) groups is 2. The number of nitrogens with zero attached hydrogens (tertiary/aromatic N) is 3. The van der Waals surface area contributed by atoms with Gasteiger partial charge < -0.3 is 9.64 Å². The lowest BCUT2D eigenvalue weighted by Gasteiger charge is -2.25. The van der Waals surface area contributed by atoms with Crippen molar-refractivity contribution in [3.63, 3.8) is 0 Å². The van der Waals surface area contributed by atoms with Gasteiger partial charge in [0.05, 0.1) is 18.1 Å². The summed E-state index contributed by atoms with van der Waals surface area (Å²) in [5.41, 5.74) is 0.501. The van der Waals surface area contributed by atoms with Crippen molar-refractivity contribution >= 4 is 28.9 Å². The highest BCUT2D eigenvalue weighted by Gasteiger charge is 2.22. The van der Waals surface area contributed by atoms with Gasteiger partial charge in [-0.2, -0.15) is 0 Å². The van der Waals surface area contributed by atoms with Gasteiger partial charge in [-0.25, -0.2) is 9.78 Å². The van der Waals surface area contributed by atoms with Crippen molar-refractivity contribution in [2.45, 2.75) is 33.4 Å². The Morgan fingerprint density at radius 2 is 1.96 bits per heavy atom. The van der Waals surface area contributed by atoms with E-state index >= 15 is 0 Å². The quantitative estimate of drug-likeness (QED) is 0.417. The molecule has 0 atom stereocenters. The van der Waals surface area contributed by atoms with Crippen molar-refractivity contribution < 1.29 is 19.2 Å². The maximum atomic E-state index is 12.8. The summed E-state index contributed by atoms with van der Waals surface area (Å²) in [4.78, 5) is 40.5. The number of hydrogen-bond acceptors (Lipinski definition) is 7. The molecule has 0 N–H and O–H groups in total. The largest absolute Gasteiger partial charge is 0.461 e. The van der Waals surface area contributed by atoms with Crippen LogP contribution in [0.5, 0.6) is 0 Å². The van der Waals surface area contributed by atoms with Crippen LogP contribution in [-0.2, 0) is 11.3 Å². The summed E-state index contributed by atoms with van der Waals surface area (Å²) in [6, 6.07) is 5.35. The van der Waals surface area contributed by atoms with Crippen LogP contribution in [0, 0.1) is 10.1 Å². The zero-order chi connectivity index (χ0) is 19.3. The van der Waals surface area contributed by atoms with E-state index in [1.165, 1.54) is 35.6 Å². The monoisotopic (exact) mass is 377 g/mol. The number of benzene rings is 1. The van der Waals surface area contributed by atoms with Gasteiger partial charge in [0.15, 0.2) is 5.69 Å². The lowest BCUT2D eigenvalue weighted by atomic mass is 10.1. The molecule has 0 radical (unpaired) electrons. The first-order valence-electron chi connectivity index (χ1n) is 8.00. The lowest BCUT2D eigenvalue weighted by molar-refractivity contribution is -0.384. The third-order valence-electron chi connectivity index (χ3n) is 3.55. The van der Waals surface area contributed by atoms with Gasteiger partial charge in [0, 0.05) is 29.1 Å². The number of rotatable bonds is 7. The van der Waals surface area contributed by atoms with Crippen LogP contribution in [-0.4, -0.2) is 39.3 Å². The molecule has 1 amide bonds. The van der Waals surface area contributed by atoms with Gasteiger partial charge in [-0.15, -0.1) is 11.3 Å². The van der Waals surface area contributed by atoms with Gasteiger partial charge in [0.25, 0.3) is 11.6 Å². The van der Waals surface area contributed by atoms with Crippen LogP contribution >= 0.6 is 11.3 Å². The molecule has 138 valence electrons. The minimum atomic E-state index is -0.513. The molecule has 26 heavy (non-hydrogen) atoms. The second-order valence-corrected chi connectivity index (χ2v) is 6.62. The number of carbonyl (C=O) groups excluding carboxylic acids is 2. The molecule has 2 aromatic rings. The molecule has 9 heteroatoms. The zero-order valence-corrected chi connectivity index (χ0v) is 15.5. The van der Waals surface area contributed by atoms with Crippen LogP contribution in [0.1, 0.15) is 46.6 Å². The third kappa shape index (κ3) is 4.63. The molecule has 1 aromatic heterocycles. The van der Waals surface area contributed by atoms with Gasteiger partial charge in [-0.05, 0) is 32.9 Å². The van der Waals surface area contributed by atoms with E-state index in [9.17, 15) is 19.7 Å². The summed E-state index contributed by atoms with van der Waals surface area (Å²) in [5.74, 6) is -0.754. The summed E-state index contributed by atoms with van der Waals surface area (Å²) in [6.45, 7) is 5.95. The Bertz CT molecular complexity index is 801. The maximum absolute atomic E-state index is 12.8. The number of aromatic nitrogens is 1. The molecule has 0 unspecified atom stereocenters. The van der Waals surface area contributed by atoms with Gasteiger partial charge >= 0.3 is 5.97 Å². The Hall–Kier alpha value is -2.81. The number of amides is 1. The SMILES string of the molecule is CCOC(=O)c1csc(CN(C(=O)c2ccc([N+](=O)[O-])cc2)C(C)C)n1. The number of thiazole rings is 1. The normalized spacial score (nSPS) is 10.6. The van der Waals surface area contributed by atoms with E-state index in [1.54, 1.807) is 17.2 Å². The molecule has 2 rings (SSSR count). The van der Waals surface area contributed by atoms with Crippen molar-refractivity contribution in [1.29, 1.82) is 0 Å². The lowest BCUT2D eigenvalue weighted by Crippen LogP contribution is -2.36. The average molecular weight is 377 g/mol. The molecule has 1 aromatic carbocycles. The molecule has 1 heterocycles. The first kappa shape index (κ1) is 19.5. The highest BCUT2D eigenvalue weighted by Crippen LogP contribution is 2.19. The maximum Gasteiger partial charge on any atom is 0.357 e. The zero-order valence-electron chi connectivity index (χ0n) is 14.7. The van der Waals surface area contributed by atoms with Crippen LogP contribution in [0.2, 0.25) is 0 Å². The van der Waals surface area contributed by atoms with Crippen LogP contribution in [0.3, 0.4) is 0 Å². The van der Waals surface area contributed by atoms with E-state index in [-0.39, 0.29) is 36.5 Å². The second-order valence-electron chi connectivity index (χ2n) is 5.68. The van der Waals surface area contributed by atoms with E-state index in [0.717, 1.165) is 0 Å². The van der Waals surface area contributed by atoms with Gasteiger partial charge in [-0.3, -0.25) is 14.9 Å². The van der Waals surface area contributed by atoms with E-state index in [2.05, 4.69) is 4.98 Å². The summed E-state index contributed by atoms with van der Waals surface area (Å²) in [5, 5.41) is 12.9. The highest BCUT2D eigenvalue weighted by molar-refractivity contribution is 7.09.